The molecule has 3 heterocycles. The molecule has 1 aromatic carbocycles. The van der Waals surface area contributed by atoms with Crippen molar-refractivity contribution in [1.82, 2.24) is 25.0 Å². The van der Waals surface area contributed by atoms with Crippen LogP contribution in [0.1, 0.15) is 49.3 Å². The molecule has 1 atom stereocenters. The molecule has 34 heavy (non-hydrogen) atoms. The van der Waals surface area contributed by atoms with Gasteiger partial charge in [-0.05, 0) is 50.3 Å². The second-order valence-corrected chi connectivity index (χ2v) is 10.4. The average Bonchev–Trinajstić information content (AvgIpc) is 3.44. The number of nitrogens with zero attached hydrogens (tertiary/aromatic N) is 4. The second-order valence-electron chi connectivity index (χ2n) is 9.54. The van der Waals surface area contributed by atoms with E-state index in [2.05, 4.69) is 25.6 Å². The van der Waals surface area contributed by atoms with Gasteiger partial charge in [0.25, 0.3) is 0 Å². The van der Waals surface area contributed by atoms with Gasteiger partial charge in [0.2, 0.25) is 5.91 Å². The van der Waals surface area contributed by atoms with Crippen molar-refractivity contribution < 1.29 is 14.3 Å². The zero-order chi connectivity index (χ0) is 23.9. The molecule has 0 radical (unpaired) electrons. The molecular formula is C24H31FN6O2S. The molecule has 0 bridgehead atoms. The summed E-state index contributed by atoms with van der Waals surface area (Å²) in [6.07, 6.45) is 4.01. The van der Waals surface area contributed by atoms with Crippen LogP contribution >= 0.6 is 11.3 Å². The van der Waals surface area contributed by atoms with E-state index in [-0.39, 0.29) is 18.5 Å². The van der Waals surface area contributed by atoms with Crippen LogP contribution in [0.3, 0.4) is 0 Å². The van der Waals surface area contributed by atoms with Crippen molar-refractivity contribution in [3.05, 3.63) is 40.3 Å². The highest BCUT2D eigenvalue weighted by Crippen LogP contribution is 2.40. The highest BCUT2D eigenvalue weighted by Gasteiger charge is 2.41. The van der Waals surface area contributed by atoms with E-state index in [1.807, 2.05) is 18.5 Å². The highest BCUT2D eigenvalue weighted by molar-refractivity contribution is 7.09. The largest absolute Gasteiger partial charge is 0.383 e. The summed E-state index contributed by atoms with van der Waals surface area (Å²) in [5.74, 6) is 0.501. The Labute approximate surface area is 202 Å². The Morgan fingerprint density at radius 1 is 1.35 bits per heavy atom. The van der Waals surface area contributed by atoms with Crippen molar-refractivity contribution in [2.45, 2.75) is 56.5 Å². The molecule has 10 heteroatoms. The Bertz CT molecular complexity index is 1150. The van der Waals surface area contributed by atoms with Crippen molar-refractivity contribution >= 4 is 34.0 Å². The van der Waals surface area contributed by atoms with Crippen LogP contribution in [0.4, 0.5) is 10.2 Å². The molecule has 3 N–H and O–H groups in total. The lowest BCUT2D eigenvalue weighted by Gasteiger charge is -2.47. The number of benzene rings is 1. The van der Waals surface area contributed by atoms with E-state index in [9.17, 15) is 14.3 Å². The van der Waals surface area contributed by atoms with Crippen LogP contribution in [0.5, 0.6) is 0 Å². The fourth-order valence-corrected chi connectivity index (χ4v) is 5.91. The molecule has 2 aliphatic rings. The summed E-state index contributed by atoms with van der Waals surface area (Å²) in [6.45, 7) is 3.28. The Hall–Kier alpha value is -2.56. The van der Waals surface area contributed by atoms with Crippen molar-refractivity contribution in [1.29, 1.82) is 0 Å². The van der Waals surface area contributed by atoms with Crippen molar-refractivity contribution in [2.24, 2.45) is 7.05 Å². The quantitative estimate of drug-likeness (QED) is 0.475. The van der Waals surface area contributed by atoms with E-state index in [1.165, 1.54) is 18.3 Å². The molecule has 182 valence electrons. The molecule has 0 spiro atoms. The number of thiazole rings is 1. The summed E-state index contributed by atoms with van der Waals surface area (Å²) < 4.78 is 15.5. The Morgan fingerprint density at radius 3 is 2.79 bits per heavy atom. The molecule has 3 aromatic rings. The van der Waals surface area contributed by atoms with E-state index in [4.69, 9.17) is 0 Å². The van der Waals surface area contributed by atoms with Crippen molar-refractivity contribution in [3.8, 4) is 0 Å². The third-order valence-corrected chi connectivity index (χ3v) is 8.12. The Morgan fingerprint density at radius 2 is 2.12 bits per heavy atom. The van der Waals surface area contributed by atoms with E-state index in [1.54, 1.807) is 23.0 Å². The maximum absolute atomic E-state index is 13.7. The molecule has 2 aromatic heterocycles. The molecule has 1 aliphatic carbocycles. The van der Waals surface area contributed by atoms with Gasteiger partial charge in [0.15, 0.2) is 5.82 Å². The number of anilines is 1. The topological polar surface area (TPSA) is 95.3 Å². The van der Waals surface area contributed by atoms with Gasteiger partial charge in [-0.25, -0.2) is 9.37 Å². The van der Waals surface area contributed by atoms with Gasteiger partial charge in [0.1, 0.15) is 16.8 Å². The van der Waals surface area contributed by atoms with Gasteiger partial charge in [-0.2, -0.15) is 5.10 Å². The number of halogens is 1. The van der Waals surface area contributed by atoms with Crippen molar-refractivity contribution in [2.75, 3.05) is 25.0 Å². The van der Waals surface area contributed by atoms with E-state index in [0.717, 1.165) is 54.7 Å². The first-order valence-electron chi connectivity index (χ1n) is 11.8. The lowest BCUT2D eigenvalue weighted by molar-refractivity contribution is -0.121. The van der Waals surface area contributed by atoms with Gasteiger partial charge in [0.05, 0.1) is 18.1 Å². The number of carbonyl (C=O) groups excluding carboxylic acids is 1. The van der Waals surface area contributed by atoms with Gasteiger partial charge < -0.3 is 15.7 Å². The molecule has 1 saturated carbocycles. The smallest absolute Gasteiger partial charge is 0.239 e. The number of carbonyl (C=O) groups is 1. The normalized spacial score (nSPS) is 24.6. The maximum Gasteiger partial charge on any atom is 0.239 e. The monoisotopic (exact) mass is 486 g/mol. The zero-order valence-electron chi connectivity index (χ0n) is 19.5. The van der Waals surface area contributed by atoms with Crippen LogP contribution in [0.25, 0.3) is 10.9 Å². The predicted molar refractivity (Wildman–Crippen MR) is 130 cm³/mol. The Balaban J connectivity index is 1.09. The molecule has 1 unspecified atom stereocenters. The molecule has 1 saturated heterocycles. The lowest BCUT2D eigenvalue weighted by atomic mass is 9.81. The van der Waals surface area contributed by atoms with Crippen LogP contribution in [-0.4, -0.2) is 62.4 Å². The zero-order valence-corrected chi connectivity index (χ0v) is 20.3. The average molecular weight is 487 g/mol. The number of rotatable bonds is 7. The summed E-state index contributed by atoms with van der Waals surface area (Å²) in [6, 6.07) is 5.98. The van der Waals surface area contributed by atoms with Gasteiger partial charge >= 0.3 is 0 Å². The summed E-state index contributed by atoms with van der Waals surface area (Å²) >= 11 is 1.52. The molecule has 1 amide bonds. The summed E-state index contributed by atoms with van der Waals surface area (Å²) in [7, 11) is 1.83. The van der Waals surface area contributed by atoms with Crippen LogP contribution in [0, 0.1) is 0 Å². The number of aliphatic hydroxyl groups is 1. The van der Waals surface area contributed by atoms with E-state index >= 15 is 0 Å². The summed E-state index contributed by atoms with van der Waals surface area (Å²) in [5, 5.41) is 25.1. The number of nitrogens with one attached hydrogen (secondary N) is 2. The number of alkyl halides is 1. The van der Waals surface area contributed by atoms with Crippen LogP contribution in [0.15, 0.2) is 29.8 Å². The molecule has 2 fully saturated rings. The minimum atomic E-state index is -1.06. The lowest BCUT2D eigenvalue weighted by Crippen LogP contribution is -2.63. The fourth-order valence-electron chi connectivity index (χ4n) is 5.12. The minimum absolute atomic E-state index is 0.0831. The number of aryl methyl sites for hydroxylation is 1. The number of hydrogen-bond acceptors (Lipinski definition) is 7. The first-order chi connectivity index (χ1) is 16.3. The van der Waals surface area contributed by atoms with Gasteiger partial charge in [-0.15, -0.1) is 11.3 Å². The van der Waals surface area contributed by atoms with Crippen LogP contribution in [-0.2, 0) is 17.4 Å². The molecule has 8 nitrogen and oxygen atoms in total. The molecule has 1 aliphatic heterocycles. The summed E-state index contributed by atoms with van der Waals surface area (Å²) in [4.78, 5) is 19.2. The SMILES string of the molecule is CC(F)c1ccc2c(c1)c(NCC(=O)NC1CN([C@H]3CC[C@@](O)(c4nccs4)CC3)C1)nn2C. The number of hydrogen-bond donors (Lipinski definition) is 3. The number of amides is 1. The van der Waals surface area contributed by atoms with Gasteiger partial charge in [-0.3, -0.25) is 14.4 Å². The van der Waals surface area contributed by atoms with Gasteiger partial charge in [0, 0.05) is 43.1 Å². The van der Waals surface area contributed by atoms with Crippen LogP contribution < -0.4 is 10.6 Å². The first kappa shape index (κ1) is 23.2. The third kappa shape index (κ3) is 4.54. The molecule has 5 rings (SSSR count). The second kappa shape index (κ2) is 9.24. The number of fused-ring (bicyclic) bond motifs is 1. The maximum atomic E-state index is 13.7. The standard InChI is InChI=1S/C24H31FN6O2S/c1-15(25)16-3-4-20-19(11-16)22(29-30(20)2)27-12-21(32)28-17-13-31(14-17)18-5-7-24(33,8-6-18)23-26-9-10-34-23/h3-4,9-11,15,17-18,33H,5-8,12-14H2,1-2H3,(H,27,29)(H,28,32)/t15?,18-,24-. The minimum Gasteiger partial charge on any atom is -0.383 e. The fraction of sp³-hybridized carbons (Fsp3) is 0.542. The predicted octanol–water partition coefficient (Wildman–Crippen LogP) is 3.10. The van der Waals surface area contributed by atoms with E-state index < -0.39 is 11.8 Å². The third-order valence-electron chi connectivity index (χ3n) is 7.15. The first-order valence-corrected chi connectivity index (χ1v) is 12.7. The highest BCUT2D eigenvalue weighted by atomic mass is 32.1. The van der Waals surface area contributed by atoms with Crippen LogP contribution in [0.2, 0.25) is 0 Å². The Kier molecular flexibility index (Phi) is 6.30. The number of aromatic nitrogens is 3. The number of likely N-dealkylation sites (tertiary alicyclic amines) is 1. The van der Waals surface area contributed by atoms with Gasteiger partial charge in [-0.1, -0.05) is 6.07 Å². The summed E-state index contributed by atoms with van der Waals surface area (Å²) in [5.41, 5.74) is 0.694. The van der Waals surface area contributed by atoms with E-state index in [0.29, 0.717) is 17.4 Å². The molecular weight excluding hydrogens is 455 g/mol. The van der Waals surface area contributed by atoms with Crippen molar-refractivity contribution in [3.63, 3.8) is 0 Å².